The molecule has 1 aromatic rings. The van der Waals surface area contributed by atoms with E-state index in [1.807, 2.05) is 25.1 Å². The Kier molecular flexibility index (Phi) is 2.33. The summed E-state index contributed by atoms with van der Waals surface area (Å²) < 4.78 is 0. The first kappa shape index (κ1) is 9.34. The van der Waals surface area contributed by atoms with Gasteiger partial charge in [0.1, 0.15) is 0 Å². The summed E-state index contributed by atoms with van der Waals surface area (Å²) in [5, 5.41) is 12.5. The molecule has 0 unspecified atom stereocenters. The van der Waals surface area contributed by atoms with Crippen LogP contribution in [0.3, 0.4) is 0 Å². The normalized spacial score (nSPS) is 25.6. The Morgan fingerprint density at radius 1 is 1.43 bits per heavy atom. The number of benzene rings is 1. The lowest BCUT2D eigenvalue weighted by Crippen LogP contribution is -2.39. The molecule has 0 radical (unpaired) electrons. The number of nitrogen functional groups attached to an aromatic ring is 1. The molecule has 76 valence electrons. The number of anilines is 2. The van der Waals surface area contributed by atoms with E-state index in [2.05, 4.69) is 5.32 Å². The molecule has 0 atom stereocenters. The van der Waals surface area contributed by atoms with E-state index in [0.717, 1.165) is 29.8 Å². The molecule has 0 bridgehead atoms. The first-order chi connectivity index (χ1) is 6.66. The lowest BCUT2D eigenvalue weighted by Gasteiger charge is -2.33. The van der Waals surface area contributed by atoms with Crippen LogP contribution < -0.4 is 11.1 Å². The Morgan fingerprint density at radius 2 is 2.14 bits per heavy atom. The third-order valence-electron chi connectivity index (χ3n) is 2.77. The van der Waals surface area contributed by atoms with E-state index in [9.17, 15) is 0 Å². The van der Waals surface area contributed by atoms with Crippen LogP contribution in [0.1, 0.15) is 18.4 Å². The van der Waals surface area contributed by atoms with Crippen molar-refractivity contribution in [2.75, 3.05) is 11.1 Å². The van der Waals surface area contributed by atoms with Crippen molar-refractivity contribution < 1.29 is 5.11 Å². The number of rotatable bonds is 2. The SMILES string of the molecule is Cc1cccc(N)c1NC1CC(O)C1. The zero-order chi connectivity index (χ0) is 10.1. The van der Waals surface area contributed by atoms with Gasteiger partial charge in [-0.05, 0) is 31.4 Å². The van der Waals surface area contributed by atoms with Gasteiger partial charge in [-0.3, -0.25) is 0 Å². The highest BCUT2D eigenvalue weighted by Crippen LogP contribution is 2.29. The van der Waals surface area contributed by atoms with E-state index in [1.54, 1.807) is 0 Å². The Balaban J connectivity index is 2.09. The quantitative estimate of drug-likeness (QED) is 0.622. The molecule has 0 spiro atoms. The van der Waals surface area contributed by atoms with Crippen LogP contribution in [0.15, 0.2) is 18.2 Å². The summed E-state index contributed by atoms with van der Waals surface area (Å²) in [7, 11) is 0. The van der Waals surface area contributed by atoms with E-state index >= 15 is 0 Å². The van der Waals surface area contributed by atoms with Crippen molar-refractivity contribution in [3.8, 4) is 0 Å². The van der Waals surface area contributed by atoms with Crippen molar-refractivity contribution >= 4 is 11.4 Å². The standard InChI is InChI=1S/C11H16N2O/c1-7-3-2-4-10(12)11(7)13-8-5-9(14)6-8/h2-4,8-9,13-14H,5-6,12H2,1H3. The molecule has 1 aliphatic rings. The van der Waals surface area contributed by atoms with Crippen LogP contribution in [0.4, 0.5) is 11.4 Å². The molecule has 1 saturated carbocycles. The van der Waals surface area contributed by atoms with Crippen LogP contribution in [-0.2, 0) is 0 Å². The third kappa shape index (κ3) is 1.68. The first-order valence-corrected chi connectivity index (χ1v) is 4.96. The third-order valence-corrected chi connectivity index (χ3v) is 2.77. The van der Waals surface area contributed by atoms with E-state index in [4.69, 9.17) is 10.8 Å². The average Bonchev–Trinajstić information content (AvgIpc) is 2.08. The minimum absolute atomic E-state index is 0.127. The maximum absolute atomic E-state index is 9.16. The fraction of sp³-hybridized carbons (Fsp3) is 0.455. The summed E-state index contributed by atoms with van der Waals surface area (Å²) in [6.07, 6.45) is 1.53. The first-order valence-electron chi connectivity index (χ1n) is 4.96. The Bertz CT molecular complexity index is 312. The smallest absolute Gasteiger partial charge is 0.0605 e. The van der Waals surface area contributed by atoms with Crippen LogP contribution in [0, 0.1) is 6.92 Å². The molecule has 3 nitrogen and oxygen atoms in total. The number of aliphatic hydroxyl groups excluding tert-OH is 1. The van der Waals surface area contributed by atoms with Crippen LogP contribution in [0.5, 0.6) is 0 Å². The number of hydrogen-bond donors (Lipinski definition) is 3. The highest BCUT2D eigenvalue weighted by atomic mass is 16.3. The lowest BCUT2D eigenvalue weighted by molar-refractivity contribution is 0.0836. The van der Waals surface area contributed by atoms with Crippen molar-refractivity contribution in [2.24, 2.45) is 0 Å². The Labute approximate surface area is 83.9 Å². The predicted octanol–water partition coefficient (Wildman–Crippen LogP) is 1.51. The van der Waals surface area contributed by atoms with Gasteiger partial charge < -0.3 is 16.2 Å². The van der Waals surface area contributed by atoms with Gasteiger partial charge in [-0.15, -0.1) is 0 Å². The number of nitrogens with two attached hydrogens (primary N) is 1. The van der Waals surface area contributed by atoms with E-state index in [1.165, 1.54) is 0 Å². The highest BCUT2D eigenvalue weighted by Gasteiger charge is 2.27. The van der Waals surface area contributed by atoms with E-state index < -0.39 is 0 Å². The molecular formula is C11H16N2O. The van der Waals surface area contributed by atoms with Gasteiger partial charge in [-0.25, -0.2) is 0 Å². The van der Waals surface area contributed by atoms with Crippen molar-refractivity contribution in [1.82, 2.24) is 0 Å². The monoisotopic (exact) mass is 192 g/mol. The van der Waals surface area contributed by atoms with Gasteiger partial charge in [0.25, 0.3) is 0 Å². The number of nitrogens with one attached hydrogen (secondary N) is 1. The number of aliphatic hydroxyl groups is 1. The lowest BCUT2D eigenvalue weighted by atomic mass is 9.89. The fourth-order valence-corrected chi connectivity index (χ4v) is 1.80. The van der Waals surface area contributed by atoms with Gasteiger partial charge in [0.15, 0.2) is 0 Å². The largest absolute Gasteiger partial charge is 0.397 e. The molecule has 0 amide bonds. The molecule has 1 fully saturated rings. The van der Waals surface area contributed by atoms with Gasteiger partial charge in [0, 0.05) is 6.04 Å². The molecule has 0 heterocycles. The van der Waals surface area contributed by atoms with Crippen molar-refractivity contribution in [3.63, 3.8) is 0 Å². The molecule has 0 aliphatic heterocycles. The van der Waals surface area contributed by atoms with Gasteiger partial charge >= 0.3 is 0 Å². The molecule has 4 N–H and O–H groups in total. The highest BCUT2D eigenvalue weighted by molar-refractivity contribution is 5.70. The molecule has 3 heteroatoms. The zero-order valence-corrected chi connectivity index (χ0v) is 8.33. The van der Waals surface area contributed by atoms with Crippen molar-refractivity contribution in [3.05, 3.63) is 23.8 Å². The van der Waals surface area contributed by atoms with Gasteiger partial charge in [0.2, 0.25) is 0 Å². The molecule has 1 aromatic carbocycles. The van der Waals surface area contributed by atoms with Crippen LogP contribution in [-0.4, -0.2) is 17.3 Å². The Hall–Kier alpha value is -1.22. The topological polar surface area (TPSA) is 58.3 Å². The van der Waals surface area contributed by atoms with Crippen LogP contribution >= 0.6 is 0 Å². The number of para-hydroxylation sites is 1. The van der Waals surface area contributed by atoms with Crippen LogP contribution in [0.25, 0.3) is 0 Å². The summed E-state index contributed by atoms with van der Waals surface area (Å²) in [5.41, 5.74) is 8.82. The van der Waals surface area contributed by atoms with Crippen molar-refractivity contribution in [1.29, 1.82) is 0 Å². The molecule has 0 saturated heterocycles. The zero-order valence-electron chi connectivity index (χ0n) is 8.33. The number of aryl methyl sites for hydroxylation is 1. The maximum Gasteiger partial charge on any atom is 0.0605 e. The molecule has 14 heavy (non-hydrogen) atoms. The molecule has 0 aromatic heterocycles. The molecule has 1 aliphatic carbocycles. The average molecular weight is 192 g/mol. The molecule has 2 rings (SSSR count). The second-order valence-corrected chi connectivity index (χ2v) is 4.01. The minimum atomic E-state index is -0.127. The second kappa shape index (κ2) is 3.50. The number of hydrogen-bond acceptors (Lipinski definition) is 3. The van der Waals surface area contributed by atoms with E-state index in [0.29, 0.717) is 6.04 Å². The summed E-state index contributed by atoms with van der Waals surface area (Å²) in [5.74, 6) is 0. The van der Waals surface area contributed by atoms with Gasteiger partial charge in [0.05, 0.1) is 17.5 Å². The second-order valence-electron chi connectivity index (χ2n) is 4.01. The fourth-order valence-electron chi connectivity index (χ4n) is 1.80. The maximum atomic E-state index is 9.16. The summed E-state index contributed by atoms with van der Waals surface area (Å²) in [6.45, 7) is 2.04. The van der Waals surface area contributed by atoms with Gasteiger partial charge in [-0.1, -0.05) is 12.1 Å². The minimum Gasteiger partial charge on any atom is -0.397 e. The van der Waals surface area contributed by atoms with Gasteiger partial charge in [-0.2, -0.15) is 0 Å². The van der Waals surface area contributed by atoms with Crippen LogP contribution in [0.2, 0.25) is 0 Å². The van der Waals surface area contributed by atoms with E-state index in [-0.39, 0.29) is 6.10 Å². The summed E-state index contributed by atoms with van der Waals surface area (Å²) in [4.78, 5) is 0. The summed E-state index contributed by atoms with van der Waals surface area (Å²) >= 11 is 0. The summed E-state index contributed by atoms with van der Waals surface area (Å²) in [6, 6.07) is 6.26. The molecular weight excluding hydrogens is 176 g/mol. The Morgan fingerprint density at radius 3 is 2.71 bits per heavy atom. The van der Waals surface area contributed by atoms with Crippen molar-refractivity contribution in [2.45, 2.75) is 31.9 Å². The predicted molar refractivity (Wildman–Crippen MR) is 58.2 cm³/mol.